The van der Waals surface area contributed by atoms with E-state index in [0.717, 1.165) is 0 Å². The zero-order chi connectivity index (χ0) is 13.9. The first-order valence-corrected chi connectivity index (χ1v) is 7.91. The van der Waals surface area contributed by atoms with Crippen molar-refractivity contribution >= 4 is 21.7 Å². The summed E-state index contributed by atoms with van der Waals surface area (Å²) in [5.74, 6) is -1.14. The molecule has 1 saturated heterocycles. The van der Waals surface area contributed by atoms with Crippen molar-refractivity contribution in [1.82, 2.24) is 9.80 Å². The summed E-state index contributed by atoms with van der Waals surface area (Å²) >= 11 is 0. The summed E-state index contributed by atoms with van der Waals surface area (Å²) in [5, 5.41) is 0. The summed E-state index contributed by atoms with van der Waals surface area (Å²) in [6, 6.07) is -0.373. The zero-order valence-electron chi connectivity index (χ0n) is 11.0. The van der Waals surface area contributed by atoms with Crippen LogP contribution >= 0.6 is 0 Å². The lowest BCUT2D eigenvalue weighted by Gasteiger charge is -2.26. The lowest BCUT2D eigenvalue weighted by Crippen LogP contribution is -2.47. The third kappa shape index (κ3) is 3.22. The lowest BCUT2D eigenvalue weighted by atomic mass is 10.2. The fourth-order valence-corrected chi connectivity index (χ4v) is 3.82. The summed E-state index contributed by atoms with van der Waals surface area (Å²) in [6.45, 7) is 4.54. The molecule has 1 fully saturated rings. The van der Waals surface area contributed by atoms with Crippen molar-refractivity contribution in [2.75, 3.05) is 31.6 Å². The van der Waals surface area contributed by atoms with Crippen LogP contribution in [-0.4, -0.2) is 67.7 Å². The van der Waals surface area contributed by atoms with E-state index in [2.05, 4.69) is 0 Å². The van der Waals surface area contributed by atoms with Gasteiger partial charge in [0.05, 0.1) is 11.5 Å². The van der Waals surface area contributed by atoms with Crippen LogP contribution in [0.25, 0.3) is 0 Å². The highest BCUT2D eigenvalue weighted by Crippen LogP contribution is 2.16. The number of amides is 2. The summed E-state index contributed by atoms with van der Waals surface area (Å²) in [7, 11) is -1.55. The third-order valence-corrected chi connectivity index (χ3v) is 5.06. The molecule has 1 aliphatic rings. The molecule has 0 aromatic heterocycles. The highest BCUT2D eigenvalue weighted by molar-refractivity contribution is 7.91. The van der Waals surface area contributed by atoms with Crippen molar-refractivity contribution in [2.24, 2.45) is 0 Å². The molecule has 0 aliphatic carbocycles. The Morgan fingerprint density at radius 2 is 1.72 bits per heavy atom. The van der Waals surface area contributed by atoms with Gasteiger partial charge in [-0.05, 0) is 20.3 Å². The number of hydrogen-bond acceptors (Lipinski definition) is 4. The highest BCUT2D eigenvalue weighted by atomic mass is 32.2. The molecule has 1 heterocycles. The maximum Gasteiger partial charge on any atom is 0.312 e. The molecular formula is C11H20N2O4S. The van der Waals surface area contributed by atoms with Gasteiger partial charge in [-0.1, -0.05) is 0 Å². The Morgan fingerprint density at radius 3 is 2.11 bits per heavy atom. The third-order valence-electron chi connectivity index (χ3n) is 3.31. The van der Waals surface area contributed by atoms with Gasteiger partial charge in [-0.2, -0.15) is 0 Å². The number of likely N-dealkylation sites (N-methyl/N-ethyl adjacent to an activating group) is 2. The SMILES string of the molecule is CCN(CC)C(=O)C(=O)N(C)C1CCS(=O)(=O)C1. The fraction of sp³-hybridized carbons (Fsp3) is 0.818. The first-order valence-electron chi connectivity index (χ1n) is 6.08. The molecule has 0 aromatic carbocycles. The van der Waals surface area contributed by atoms with Gasteiger partial charge in [0.1, 0.15) is 0 Å². The van der Waals surface area contributed by atoms with Gasteiger partial charge in [0.2, 0.25) is 0 Å². The number of sulfone groups is 1. The average Bonchev–Trinajstić information content (AvgIpc) is 2.69. The summed E-state index contributed by atoms with van der Waals surface area (Å²) < 4.78 is 22.7. The quantitative estimate of drug-likeness (QED) is 0.651. The van der Waals surface area contributed by atoms with Crippen LogP contribution in [-0.2, 0) is 19.4 Å². The molecule has 7 heteroatoms. The standard InChI is InChI=1S/C11H20N2O4S/c1-4-13(5-2)11(15)10(14)12(3)9-6-7-18(16,17)8-9/h9H,4-8H2,1-3H3. The van der Waals surface area contributed by atoms with Crippen molar-refractivity contribution in [2.45, 2.75) is 26.3 Å². The van der Waals surface area contributed by atoms with E-state index in [1.165, 1.54) is 16.8 Å². The molecule has 0 N–H and O–H groups in total. The normalized spacial score (nSPS) is 21.6. The Balaban J connectivity index is 2.70. The molecule has 1 aliphatic heterocycles. The van der Waals surface area contributed by atoms with Crippen LogP contribution in [0.15, 0.2) is 0 Å². The molecule has 0 saturated carbocycles. The van der Waals surface area contributed by atoms with E-state index in [1.807, 2.05) is 0 Å². The molecule has 1 unspecified atom stereocenters. The van der Waals surface area contributed by atoms with Crippen LogP contribution in [0.5, 0.6) is 0 Å². The van der Waals surface area contributed by atoms with E-state index in [4.69, 9.17) is 0 Å². The van der Waals surface area contributed by atoms with Gasteiger partial charge >= 0.3 is 11.8 Å². The minimum Gasteiger partial charge on any atom is -0.335 e. The van der Waals surface area contributed by atoms with E-state index in [0.29, 0.717) is 19.5 Å². The van der Waals surface area contributed by atoms with E-state index in [1.54, 1.807) is 13.8 Å². The van der Waals surface area contributed by atoms with E-state index >= 15 is 0 Å². The summed E-state index contributed by atoms with van der Waals surface area (Å²) in [5.41, 5.74) is 0. The van der Waals surface area contributed by atoms with Gasteiger partial charge in [-0.3, -0.25) is 9.59 Å². The highest BCUT2D eigenvalue weighted by Gasteiger charge is 2.35. The van der Waals surface area contributed by atoms with Crippen molar-refractivity contribution < 1.29 is 18.0 Å². The summed E-state index contributed by atoms with van der Waals surface area (Å²) in [6.07, 6.45) is 0.413. The minimum absolute atomic E-state index is 0.0409. The predicted octanol–water partition coefficient (Wildman–Crippen LogP) is -0.500. The Hall–Kier alpha value is -1.11. The molecule has 0 bridgehead atoms. The molecule has 2 amide bonds. The topological polar surface area (TPSA) is 74.8 Å². The van der Waals surface area contributed by atoms with Crippen LogP contribution in [0, 0.1) is 0 Å². The zero-order valence-corrected chi connectivity index (χ0v) is 11.9. The number of carbonyl (C=O) groups excluding carboxylic acids is 2. The van der Waals surface area contributed by atoms with Gasteiger partial charge in [-0.15, -0.1) is 0 Å². The predicted molar refractivity (Wildman–Crippen MR) is 67.8 cm³/mol. The van der Waals surface area contributed by atoms with Crippen molar-refractivity contribution in [1.29, 1.82) is 0 Å². The molecule has 18 heavy (non-hydrogen) atoms. The largest absolute Gasteiger partial charge is 0.335 e. The second-order valence-corrected chi connectivity index (χ2v) is 6.68. The molecule has 1 rings (SSSR count). The smallest absolute Gasteiger partial charge is 0.312 e. The van der Waals surface area contributed by atoms with Gasteiger partial charge in [0.25, 0.3) is 0 Å². The molecule has 0 spiro atoms. The first kappa shape index (κ1) is 14.9. The van der Waals surface area contributed by atoms with Gasteiger partial charge < -0.3 is 9.80 Å². The van der Waals surface area contributed by atoms with E-state index in [9.17, 15) is 18.0 Å². The second kappa shape index (κ2) is 5.69. The van der Waals surface area contributed by atoms with Gasteiger partial charge in [0, 0.05) is 26.2 Å². The van der Waals surface area contributed by atoms with E-state index in [-0.39, 0.29) is 17.5 Å². The number of nitrogens with zero attached hydrogens (tertiary/aromatic N) is 2. The summed E-state index contributed by atoms with van der Waals surface area (Å²) in [4.78, 5) is 26.5. The van der Waals surface area contributed by atoms with Crippen LogP contribution in [0.4, 0.5) is 0 Å². The van der Waals surface area contributed by atoms with Crippen molar-refractivity contribution in [3.05, 3.63) is 0 Å². The van der Waals surface area contributed by atoms with Gasteiger partial charge in [-0.25, -0.2) is 8.42 Å². The lowest BCUT2D eigenvalue weighted by molar-refractivity contribution is -0.151. The van der Waals surface area contributed by atoms with Crippen molar-refractivity contribution in [3.63, 3.8) is 0 Å². The van der Waals surface area contributed by atoms with Crippen molar-refractivity contribution in [3.8, 4) is 0 Å². The molecule has 6 nitrogen and oxygen atoms in total. The van der Waals surface area contributed by atoms with Crippen LogP contribution < -0.4 is 0 Å². The molecule has 104 valence electrons. The minimum atomic E-state index is -3.05. The second-order valence-electron chi connectivity index (χ2n) is 4.45. The average molecular weight is 276 g/mol. The van der Waals surface area contributed by atoms with Gasteiger partial charge in [0.15, 0.2) is 9.84 Å². The molecule has 0 radical (unpaired) electrons. The Bertz CT molecular complexity index is 428. The Kier molecular flexibility index (Phi) is 4.72. The fourth-order valence-electron chi connectivity index (χ4n) is 2.04. The first-order chi connectivity index (χ1) is 8.32. The molecule has 1 atom stereocenters. The van der Waals surface area contributed by atoms with Crippen LogP contribution in [0.3, 0.4) is 0 Å². The van der Waals surface area contributed by atoms with Crippen LogP contribution in [0.2, 0.25) is 0 Å². The number of rotatable bonds is 3. The maximum atomic E-state index is 11.9. The van der Waals surface area contributed by atoms with Crippen LogP contribution in [0.1, 0.15) is 20.3 Å². The Morgan fingerprint density at radius 1 is 1.17 bits per heavy atom. The maximum absolute atomic E-state index is 11.9. The van der Waals surface area contributed by atoms with E-state index < -0.39 is 21.7 Å². The number of carbonyl (C=O) groups is 2. The molecular weight excluding hydrogens is 256 g/mol. The Labute approximate surface area is 108 Å². The molecule has 0 aromatic rings. The number of hydrogen-bond donors (Lipinski definition) is 0. The monoisotopic (exact) mass is 276 g/mol.